The lowest BCUT2D eigenvalue weighted by Crippen LogP contribution is -2.11. The molecule has 2 aromatic carbocycles. The summed E-state index contributed by atoms with van der Waals surface area (Å²) in [6.07, 6.45) is 8.57. The fourth-order valence-electron chi connectivity index (χ4n) is 2.26. The molecule has 0 spiro atoms. The summed E-state index contributed by atoms with van der Waals surface area (Å²) in [5, 5.41) is 7.69. The Morgan fingerprint density at radius 1 is 1.25 bits per heavy atom. The van der Waals surface area contributed by atoms with Crippen LogP contribution in [0.15, 0.2) is 60.9 Å². The van der Waals surface area contributed by atoms with Gasteiger partial charge in [0.25, 0.3) is 5.91 Å². The minimum atomic E-state index is -0.241. The van der Waals surface area contributed by atoms with Crippen LogP contribution < -0.4 is 5.32 Å². The molecule has 1 heterocycles. The molecule has 1 N–H and O–H groups in total. The van der Waals surface area contributed by atoms with Crippen molar-refractivity contribution >= 4 is 23.2 Å². The van der Waals surface area contributed by atoms with E-state index >= 15 is 0 Å². The Kier molecular flexibility index (Phi) is 4.64. The number of anilines is 1. The van der Waals surface area contributed by atoms with Crippen LogP contribution in [0.3, 0.4) is 0 Å². The molecule has 3 aromatic rings. The van der Waals surface area contributed by atoms with E-state index < -0.39 is 0 Å². The van der Waals surface area contributed by atoms with E-state index in [4.69, 9.17) is 18.0 Å². The molecule has 0 saturated carbocycles. The number of carbonyl (C=O) groups excluding carboxylic acids is 1. The monoisotopic (exact) mass is 335 g/mol. The molecule has 1 amide bonds. The predicted molar refractivity (Wildman–Crippen MR) is 95.1 cm³/mol. The molecule has 3 rings (SSSR count). The Bertz CT molecular complexity index is 924. The third kappa shape index (κ3) is 3.65. The van der Waals surface area contributed by atoms with Crippen molar-refractivity contribution in [1.82, 2.24) is 9.78 Å². The molecule has 0 saturated heterocycles. The molecule has 5 heteroatoms. The van der Waals surface area contributed by atoms with Crippen molar-refractivity contribution in [3.05, 3.63) is 82.6 Å². The summed E-state index contributed by atoms with van der Waals surface area (Å²) in [6.45, 7) is 0.500. The number of nitrogens with one attached hydrogen (secondary N) is 1. The number of carbonyl (C=O) groups is 1. The number of hydrogen-bond acceptors (Lipinski definition) is 2. The van der Waals surface area contributed by atoms with Crippen LogP contribution in [-0.2, 0) is 6.54 Å². The van der Waals surface area contributed by atoms with Gasteiger partial charge in [0.1, 0.15) is 0 Å². The molecule has 4 nitrogen and oxygen atoms in total. The number of rotatable bonds is 4. The number of benzene rings is 2. The first-order chi connectivity index (χ1) is 11.7. The van der Waals surface area contributed by atoms with Crippen molar-refractivity contribution in [1.29, 1.82) is 0 Å². The van der Waals surface area contributed by atoms with Crippen LogP contribution in [0, 0.1) is 12.3 Å². The summed E-state index contributed by atoms with van der Waals surface area (Å²) < 4.78 is 1.67. The summed E-state index contributed by atoms with van der Waals surface area (Å²) in [7, 11) is 0. The number of amides is 1. The maximum absolute atomic E-state index is 12.3. The van der Waals surface area contributed by atoms with Gasteiger partial charge in [-0.2, -0.15) is 5.10 Å². The zero-order valence-corrected chi connectivity index (χ0v) is 13.5. The first-order valence-corrected chi connectivity index (χ1v) is 7.67. The molecule has 24 heavy (non-hydrogen) atoms. The van der Waals surface area contributed by atoms with E-state index in [2.05, 4.69) is 16.3 Å². The summed E-state index contributed by atoms with van der Waals surface area (Å²) in [5.74, 6) is 2.30. The van der Waals surface area contributed by atoms with Gasteiger partial charge in [-0.3, -0.25) is 9.48 Å². The number of hydrogen-bond donors (Lipinski definition) is 1. The van der Waals surface area contributed by atoms with Gasteiger partial charge in [-0.1, -0.05) is 41.8 Å². The first-order valence-electron chi connectivity index (χ1n) is 7.29. The van der Waals surface area contributed by atoms with Crippen molar-refractivity contribution in [3.63, 3.8) is 0 Å². The van der Waals surface area contributed by atoms with Gasteiger partial charge in [0.15, 0.2) is 0 Å². The van der Waals surface area contributed by atoms with Crippen LogP contribution in [-0.4, -0.2) is 15.7 Å². The third-order valence-corrected chi connectivity index (χ3v) is 3.84. The van der Waals surface area contributed by atoms with E-state index in [0.29, 0.717) is 28.4 Å². The standard InChI is InChI=1S/C19H14ClN3O/c1-2-14-6-5-8-17(10-14)22-19(24)16-11-21-23(13-16)12-15-7-3-4-9-18(15)20/h1,3-11,13H,12H2,(H,22,24). The molecule has 0 atom stereocenters. The molecule has 0 radical (unpaired) electrons. The Labute approximate surface area is 145 Å². The lowest BCUT2D eigenvalue weighted by atomic mass is 10.2. The predicted octanol–water partition coefficient (Wildman–Crippen LogP) is 3.82. The minimum absolute atomic E-state index is 0.241. The zero-order chi connectivity index (χ0) is 16.9. The van der Waals surface area contributed by atoms with Crippen molar-refractivity contribution in [2.75, 3.05) is 5.32 Å². The van der Waals surface area contributed by atoms with Crippen LogP contribution in [0.2, 0.25) is 5.02 Å². The van der Waals surface area contributed by atoms with Gasteiger partial charge < -0.3 is 5.32 Å². The van der Waals surface area contributed by atoms with Crippen molar-refractivity contribution in [2.45, 2.75) is 6.54 Å². The SMILES string of the molecule is C#Cc1cccc(NC(=O)c2cnn(Cc3ccccc3Cl)c2)c1. The van der Waals surface area contributed by atoms with Gasteiger partial charge in [0, 0.05) is 22.5 Å². The smallest absolute Gasteiger partial charge is 0.258 e. The average molecular weight is 336 g/mol. The molecule has 0 bridgehead atoms. The maximum Gasteiger partial charge on any atom is 0.258 e. The molecular formula is C19H14ClN3O. The number of halogens is 1. The second kappa shape index (κ2) is 7.03. The van der Waals surface area contributed by atoms with Crippen LogP contribution in [0.25, 0.3) is 0 Å². The number of nitrogens with zero attached hydrogens (tertiary/aromatic N) is 2. The summed E-state index contributed by atoms with van der Waals surface area (Å²) in [6, 6.07) is 14.7. The second-order valence-corrected chi connectivity index (χ2v) is 5.60. The highest BCUT2D eigenvalue weighted by Gasteiger charge is 2.10. The van der Waals surface area contributed by atoms with Gasteiger partial charge in [-0.15, -0.1) is 6.42 Å². The Balaban J connectivity index is 1.72. The lowest BCUT2D eigenvalue weighted by Gasteiger charge is -2.05. The fourth-order valence-corrected chi connectivity index (χ4v) is 2.45. The summed E-state index contributed by atoms with van der Waals surface area (Å²) in [4.78, 5) is 12.3. The van der Waals surface area contributed by atoms with E-state index in [1.54, 1.807) is 35.1 Å². The second-order valence-electron chi connectivity index (χ2n) is 5.20. The Morgan fingerprint density at radius 2 is 2.08 bits per heavy atom. The molecule has 1 aromatic heterocycles. The largest absolute Gasteiger partial charge is 0.322 e. The van der Waals surface area contributed by atoms with Gasteiger partial charge in [-0.25, -0.2) is 0 Å². The zero-order valence-electron chi connectivity index (χ0n) is 12.7. The van der Waals surface area contributed by atoms with Gasteiger partial charge in [0.2, 0.25) is 0 Å². The molecular weight excluding hydrogens is 322 g/mol. The highest BCUT2D eigenvalue weighted by molar-refractivity contribution is 6.31. The summed E-state index contributed by atoms with van der Waals surface area (Å²) >= 11 is 6.14. The number of terminal acetylenes is 1. The first kappa shape index (κ1) is 15.9. The fraction of sp³-hybridized carbons (Fsp3) is 0.0526. The number of aromatic nitrogens is 2. The van der Waals surface area contributed by atoms with E-state index in [1.807, 2.05) is 24.3 Å². The highest BCUT2D eigenvalue weighted by Crippen LogP contribution is 2.16. The van der Waals surface area contributed by atoms with Gasteiger partial charge in [-0.05, 0) is 29.8 Å². The van der Waals surface area contributed by atoms with E-state index in [-0.39, 0.29) is 5.91 Å². The summed E-state index contributed by atoms with van der Waals surface area (Å²) in [5.41, 5.74) is 2.76. The Morgan fingerprint density at radius 3 is 2.88 bits per heavy atom. The molecule has 118 valence electrons. The highest BCUT2D eigenvalue weighted by atomic mass is 35.5. The molecule has 0 fully saturated rings. The van der Waals surface area contributed by atoms with Crippen molar-refractivity contribution < 1.29 is 4.79 Å². The van der Waals surface area contributed by atoms with Crippen LogP contribution in [0.4, 0.5) is 5.69 Å². The lowest BCUT2D eigenvalue weighted by molar-refractivity contribution is 0.102. The average Bonchev–Trinajstić information content (AvgIpc) is 3.06. The topological polar surface area (TPSA) is 46.9 Å². The van der Waals surface area contributed by atoms with Crippen LogP contribution in [0.5, 0.6) is 0 Å². The van der Waals surface area contributed by atoms with Crippen molar-refractivity contribution in [3.8, 4) is 12.3 Å². The molecule has 0 aliphatic heterocycles. The van der Waals surface area contributed by atoms with E-state index in [1.165, 1.54) is 6.20 Å². The molecule has 0 aliphatic carbocycles. The quantitative estimate of drug-likeness (QED) is 0.737. The maximum atomic E-state index is 12.3. The molecule has 0 aliphatic rings. The molecule has 0 unspecified atom stereocenters. The van der Waals surface area contributed by atoms with Gasteiger partial charge in [0.05, 0.1) is 18.3 Å². The normalized spacial score (nSPS) is 10.2. The van der Waals surface area contributed by atoms with E-state index in [0.717, 1.165) is 5.56 Å². The minimum Gasteiger partial charge on any atom is -0.322 e. The van der Waals surface area contributed by atoms with Crippen molar-refractivity contribution in [2.24, 2.45) is 0 Å². The van der Waals surface area contributed by atoms with Gasteiger partial charge >= 0.3 is 0 Å². The van der Waals surface area contributed by atoms with Crippen LogP contribution >= 0.6 is 11.6 Å². The van der Waals surface area contributed by atoms with Crippen LogP contribution in [0.1, 0.15) is 21.5 Å². The van der Waals surface area contributed by atoms with E-state index in [9.17, 15) is 4.79 Å². The Hall–Kier alpha value is -3.03. The third-order valence-electron chi connectivity index (χ3n) is 3.47.